The highest BCUT2D eigenvalue weighted by Crippen LogP contribution is 2.35. The number of aryl methyl sites for hydroxylation is 1. The molecule has 2 aromatic carbocycles. The van der Waals surface area contributed by atoms with Crippen LogP contribution in [-0.2, 0) is 26.2 Å². The summed E-state index contributed by atoms with van der Waals surface area (Å²) in [6.45, 7) is 7.43. The number of esters is 2. The molecule has 3 aromatic rings. The van der Waals surface area contributed by atoms with E-state index in [1.165, 1.54) is 7.11 Å². The minimum Gasteiger partial charge on any atom is -0.478 e. The molecule has 0 aliphatic carbocycles. The first-order valence-electron chi connectivity index (χ1n) is 12.7. The fourth-order valence-corrected chi connectivity index (χ4v) is 5.33. The first-order chi connectivity index (χ1) is 17.4. The Morgan fingerprint density at radius 1 is 1.03 bits per heavy atom. The van der Waals surface area contributed by atoms with Gasteiger partial charge in [-0.05, 0) is 62.8 Å². The third-order valence-electron chi connectivity index (χ3n) is 7.61. The maximum Gasteiger partial charge on any atom is 0.344 e. The maximum atomic E-state index is 13.1. The van der Waals surface area contributed by atoms with Crippen LogP contribution < -0.4 is 9.64 Å². The van der Waals surface area contributed by atoms with Gasteiger partial charge in [-0.3, -0.25) is 4.79 Å². The van der Waals surface area contributed by atoms with Crippen molar-refractivity contribution in [2.45, 2.75) is 45.1 Å². The number of hydrogen-bond donors (Lipinski definition) is 0. The van der Waals surface area contributed by atoms with Crippen molar-refractivity contribution in [1.82, 2.24) is 4.57 Å². The monoisotopic (exact) mass is 490 g/mol. The van der Waals surface area contributed by atoms with E-state index in [-0.39, 0.29) is 11.9 Å². The van der Waals surface area contributed by atoms with E-state index in [1.54, 1.807) is 0 Å². The molecule has 2 aliphatic rings. The molecule has 0 amide bonds. The quantitative estimate of drug-likeness (QED) is 0.456. The van der Waals surface area contributed by atoms with Crippen LogP contribution >= 0.6 is 0 Å². The number of aromatic nitrogens is 1. The fourth-order valence-electron chi connectivity index (χ4n) is 5.33. The van der Waals surface area contributed by atoms with Crippen LogP contribution in [0.4, 0.5) is 5.69 Å². The summed E-state index contributed by atoms with van der Waals surface area (Å²) in [7, 11) is 1.42. The summed E-state index contributed by atoms with van der Waals surface area (Å²) in [6.07, 6.45) is 2.84. The van der Waals surface area contributed by atoms with Crippen LogP contribution in [0.3, 0.4) is 0 Å². The van der Waals surface area contributed by atoms with Crippen molar-refractivity contribution < 1.29 is 23.8 Å². The summed E-state index contributed by atoms with van der Waals surface area (Å²) in [5, 5.41) is 0.896. The van der Waals surface area contributed by atoms with Crippen LogP contribution in [0.2, 0.25) is 0 Å². The summed E-state index contributed by atoms with van der Waals surface area (Å²) in [5.74, 6) is 0.425. The summed E-state index contributed by atoms with van der Waals surface area (Å²) in [4.78, 5) is 27.6. The summed E-state index contributed by atoms with van der Waals surface area (Å²) >= 11 is 0. The van der Waals surface area contributed by atoms with E-state index >= 15 is 0 Å². The molecule has 5 rings (SSSR count). The highest BCUT2D eigenvalue weighted by atomic mass is 16.5. The molecule has 0 radical (unpaired) electrons. The van der Waals surface area contributed by atoms with Gasteiger partial charge in [0.1, 0.15) is 5.56 Å². The van der Waals surface area contributed by atoms with Crippen LogP contribution in [0.15, 0.2) is 48.5 Å². The minimum absolute atomic E-state index is 0.244. The second-order valence-corrected chi connectivity index (χ2v) is 10.2. The smallest absolute Gasteiger partial charge is 0.344 e. The average Bonchev–Trinajstić information content (AvgIpc) is 3.26. The largest absolute Gasteiger partial charge is 0.478 e. The van der Waals surface area contributed by atoms with Gasteiger partial charge in [0.2, 0.25) is 5.88 Å². The molecule has 0 saturated carbocycles. The van der Waals surface area contributed by atoms with Crippen molar-refractivity contribution in [3.8, 4) is 5.88 Å². The van der Waals surface area contributed by atoms with Crippen LogP contribution in [0, 0.1) is 5.92 Å². The van der Waals surface area contributed by atoms with Crippen molar-refractivity contribution in [2.75, 3.05) is 38.3 Å². The van der Waals surface area contributed by atoms with Crippen molar-refractivity contribution >= 4 is 28.5 Å². The Bertz CT molecular complexity index is 1250. The molecule has 0 unspecified atom stereocenters. The Morgan fingerprint density at radius 2 is 1.75 bits per heavy atom. The molecule has 1 fully saturated rings. The summed E-state index contributed by atoms with van der Waals surface area (Å²) in [6, 6.07) is 16.1. The van der Waals surface area contributed by atoms with E-state index in [0.29, 0.717) is 30.6 Å². The highest BCUT2D eigenvalue weighted by molar-refractivity contribution is 6.07. The molecule has 1 aromatic heterocycles. The Morgan fingerprint density at radius 3 is 2.47 bits per heavy atom. The lowest BCUT2D eigenvalue weighted by Gasteiger charge is -2.33. The van der Waals surface area contributed by atoms with E-state index in [9.17, 15) is 9.59 Å². The topological polar surface area (TPSA) is 70.0 Å². The molecule has 2 aliphatic heterocycles. The number of piperidine rings is 1. The summed E-state index contributed by atoms with van der Waals surface area (Å²) in [5.41, 5.74) is 2.97. The molecule has 0 N–H and O–H groups in total. The zero-order chi connectivity index (χ0) is 25.3. The van der Waals surface area contributed by atoms with E-state index < -0.39 is 5.41 Å². The minimum atomic E-state index is -0.681. The Balaban J connectivity index is 1.19. The lowest BCUT2D eigenvalue weighted by Crippen LogP contribution is -2.35. The molecule has 1 saturated heterocycles. The molecule has 0 spiro atoms. The van der Waals surface area contributed by atoms with E-state index in [0.717, 1.165) is 61.1 Å². The van der Waals surface area contributed by atoms with Crippen molar-refractivity contribution in [3.63, 3.8) is 0 Å². The van der Waals surface area contributed by atoms with Gasteiger partial charge in [-0.1, -0.05) is 30.3 Å². The number of carbonyl (C=O) groups excluding carboxylic acids is 2. The van der Waals surface area contributed by atoms with Gasteiger partial charge in [-0.2, -0.15) is 0 Å². The molecule has 0 atom stereocenters. The third-order valence-corrected chi connectivity index (χ3v) is 7.61. The zero-order valence-electron chi connectivity index (χ0n) is 21.3. The number of methoxy groups -OCH3 is 1. The Labute approximate surface area is 211 Å². The number of benzene rings is 2. The van der Waals surface area contributed by atoms with Crippen molar-refractivity contribution in [2.24, 2.45) is 5.92 Å². The number of carbonyl (C=O) groups is 2. The second kappa shape index (κ2) is 9.88. The molecule has 7 nitrogen and oxygen atoms in total. The predicted octanol–water partition coefficient (Wildman–Crippen LogP) is 4.95. The van der Waals surface area contributed by atoms with Crippen LogP contribution in [0.25, 0.3) is 10.9 Å². The predicted molar refractivity (Wildman–Crippen MR) is 139 cm³/mol. The Kier molecular flexibility index (Phi) is 6.65. The highest BCUT2D eigenvalue weighted by Gasteiger charge is 2.31. The van der Waals surface area contributed by atoms with Crippen LogP contribution in [-0.4, -0.2) is 49.9 Å². The number of rotatable bonds is 6. The van der Waals surface area contributed by atoms with E-state index in [4.69, 9.17) is 14.2 Å². The SMILES string of the molecule is COC(=O)C(C)(C)c1ccc(N2CCC(COC(=O)c3c4n(c5ccccc35)CCCO4)CC2)cc1. The van der Waals surface area contributed by atoms with Crippen molar-refractivity contribution in [3.05, 3.63) is 59.7 Å². The number of hydrogen-bond acceptors (Lipinski definition) is 6. The molecule has 0 bridgehead atoms. The van der Waals surface area contributed by atoms with Gasteiger partial charge in [0.15, 0.2) is 0 Å². The first kappa shape index (κ1) is 24.2. The number of fused-ring (bicyclic) bond motifs is 3. The molecule has 190 valence electrons. The van der Waals surface area contributed by atoms with E-state index in [1.807, 2.05) is 50.2 Å². The number of ether oxygens (including phenoxy) is 3. The van der Waals surface area contributed by atoms with Gasteiger partial charge < -0.3 is 23.7 Å². The molecular formula is C29H34N2O5. The normalized spacial score (nSPS) is 16.4. The lowest BCUT2D eigenvalue weighted by molar-refractivity contribution is -0.146. The molecule has 36 heavy (non-hydrogen) atoms. The first-order valence-corrected chi connectivity index (χ1v) is 12.7. The third kappa shape index (κ3) is 4.43. The fraction of sp³-hybridized carbons (Fsp3) is 0.448. The molecule has 7 heteroatoms. The lowest BCUT2D eigenvalue weighted by atomic mass is 9.84. The maximum absolute atomic E-state index is 13.1. The summed E-state index contributed by atoms with van der Waals surface area (Å²) < 4.78 is 18.8. The van der Waals surface area contributed by atoms with Gasteiger partial charge >= 0.3 is 11.9 Å². The number of anilines is 1. The van der Waals surface area contributed by atoms with Crippen LogP contribution in [0.1, 0.15) is 49.0 Å². The number of nitrogens with zero attached hydrogens (tertiary/aromatic N) is 2. The van der Waals surface area contributed by atoms with Gasteiger partial charge in [0.25, 0.3) is 0 Å². The average molecular weight is 491 g/mol. The van der Waals surface area contributed by atoms with Crippen LogP contribution in [0.5, 0.6) is 5.88 Å². The van der Waals surface area contributed by atoms with Gasteiger partial charge in [-0.25, -0.2) is 4.79 Å². The molecular weight excluding hydrogens is 456 g/mol. The van der Waals surface area contributed by atoms with E-state index in [2.05, 4.69) is 21.6 Å². The van der Waals surface area contributed by atoms with Gasteiger partial charge in [-0.15, -0.1) is 0 Å². The zero-order valence-corrected chi connectivity index (χ0v) is 21.3. The van der Waals surface area contributed by atoms with Crippen molar-refractivity contribution in [1.29, 1.82) is 0 Å². The van der Waals surface area contributed by atoms with Gasteiger partial charge in [0.05, 0.1) is 31.3 Å². The standard InChI is InChI=1S/C29H34N2O5/c1-29(2,28(33)34-3)21-9-11-22(12-10-21)30-16-13-20(14-17-30)19-36-27(32)25-23-7-4-5-8-24(23)31-15-6-18-35-26(25)31/h4-5,7-12,20H,6,13-19H2,1-3H3. The molecule has 3 heterocycles. The van der Waals surface area contributed by atoms with Gasteiger partial charge in [0, 0.05) is 30.7 Å². The number of para-hydroxylation sites is 1. The Hall–Kier alpha value is -3.48. The second-order valence-electron chi connectivity index (χ2n) is 10.2.